The van der Waals surface area contributed by atoms with E-state index in [1.807, 2.05) is 6.92 Å². The summed E-state index contributed by atoms with van der Waals surface area (Å²) in [5.41, 5.74) is 0.947. The van der Waals surface area contributed by atoms with Crippen molar-refractivity contribution in [3.63, 3.8) is 0 Å². The average Bonchev–Trinajstić information content (AvgIpc) is 2.96. The minimum atomic E-state index is 0.302. The van der Waals surface area contributed by atoms with Gasteiger partial charge in [0.25, 0.3) is 10.7 Å². The molecule has 1 aliphatic heterocycles. The van der Waals surface area contributed by atoms with Crippen LogP contribution in [-0.4, -0.2) is 27.8 Å². The van der Waals surface area contributed by atoms with Crippen LogP contribution in [-0.2, 0) is 0 Å². The molecule has 0 aliphatic carbocycles. The Balaban J connectivity index is 1.94. The highest BCUT2D eigenvalue weighted by atomic mass is 32.1. The van der Waals surface area contributed by atoms with Gasteiger partial charge in [-0.15, -0.1) is 5.10 Å². The van der Waals surface area contributed by atoms with Crippen molar-refractivity contribution in [2.24, 2.45) is 0 Å². The number of aromatic amines is 1. The van der Waals surface area contributed by atoms with Gasteiger partial charge in [0.1, 0.15) is 4.88 Å². The number of thiazole rings is 1. The van der Waals surface area contributed by atoms with Crippen molar-refractivity contribution in [1.29, 1.82) is 0 Å². The van der Waals surface area contributed by atoms with E-state index in [4.69, 9.17) is 16.6 Å². The highest BCUT2D eigenvalue weighted by Gasteiger charge is 2.23. The zero-order valence-corrected chi connectivity index (χ0v) is 12.6. The molecule has 3 rings (SSSR count). The van der Waals surface area contributed by atoms with Crippen molar-refractivity contribution < 1.29 is 4.42 Å². The van der Waals surface area contributed by atoms with Gasteiger partial charge in [0.05, 0.1) is 5.69 Å². The number of rotatable bonds is 2. The summed E-state index contributed by atoms with van der Waals surface area (Å²) in [4.78, 5) is 8.31. The number of piperidine rings is 1. The van der Waals surface area contributed by atoms with Gasteiger partial charge >= 0.3 is 0 Å². The van der Waals surface area contributed by atoms with Crippen molar-refractivity contribution >= 4 is 28.7 Å². The predicted octanol–water partition coefficient (Wildman–Crippen LogP) is 3.54. The Kier molecular flexibility index (Phi) is 3.40. The number of hydrogen-bond donors (Lipinski definition) is 1. The maximum absolute atomic E-state index is 5.38. The van der Waals surface area contributed by atoms with Gasteiger partial charge in [-0.1, -0.05) is 11.3 Å². The topological polar surface area (TPSA) is 58.0 Å². The molecule has 0 spiro atoms. The van der Waals surface area contributed by atoms with Gasteiger partial charge in [-0.3, -0.25) is 0 Å². The first kappa shape index (κ1) is 12.8. The molecule has 0 bridgehead atoms. The lowest BCUT2D eigenvalue weighted by Crippen LogP contribution is -2.37. The lowest BCUT2D eigenvalue weighted by atomic mass is 10.1. The molecular formula is C12H16N4OS2. The second-order valence-corrected chi connectivity index (χ2v) is 6.22. The third-order valence-electron chi connectivity index (χ3n) is 3.47. The number of hydrogen-bond acceptors (Lipinski definition) is 6. The van der Waals surface area contributed by atoms with E-state index in [1.54, 1.807) is 11.3 Å². The molecule has 1 fully saturated rings. The highest BCUT2D eigenvalue weighted by molar-refractivity contribution is 7.71. The van der Waals surface area contributed by atoms with Crippen LogP contribution >= 0.6 is 23.6 Å². The number of H-pyrrole nitrogens is 1. The molecule has 1 saturated heterocycles. The number of aryl methyl sites for hydroxylation is 1. The van der Waals surface area contributed by atoms with Crippen LogP contribution in [0.2, 0.25) is 0 Å². The Morgan fingerprint density at radius 1 is 1.47 bits per heavy atom. The van der Waals surface area contributed by atoms with Crippen LogP contribution in [0.3, 0.4) is 0 Å². The molecule has 0 radical (unpaired) electrons. The first-order valence-electron chi connectivity index (χ1n) is 6.45. The zero-order chi connectivity index (χ0) is 13.4. The van der Waals surface area contributed by atoms with Gasteiger partial charge in [-0.2, -0.15) is 0 Å². The van der Waals surface area contributed by atoms with E-state index >= 15 is 0 Å². The maximum Gasteiger partial charge on any atom is 0.284 e. The molecular weight excluding hydrogens is 280 g/mol. The smallest absolute Gasteiger partial charge is 0.284 e. The Morgan fingerprint density at radius 3 is 3.00 bits per heavy atom. The number of anilines is 1. The van der Waals surface area contributed by atoms with E-state index in [-0.39, 0.29) is 0 Å². The summed E-state index contributed by atoms with van der Waals surface area (Å²) < 4.78 is 5.38. The summed E-state index contributed by atoms with van der Waals surface area (Å²) in [6.45, 7) is 5.32. The Hall–Kier alpha value is -1.21. The summed E-state index contributed by atoms with van der Waals surface area (Å²) in [5.74, 6) is 0.538. The van der Waals surface area contributed by atoms with Crippen LogP contribution in [0.1, 0.15) is 31.9 Å². The van der Waals surface area contributed by atoms with Gasteiger partial charge in [0.15, 0.2) is 5.13 Å². The van der Waals surface area contributed by atoms with Crippen LogP contribution < -0.4 is 4.90 Å². The number of nitrogens with zero attached hydrogens (tertiary/aromatic N) is 3. The highest BCUT2D eigenvalue weighted by Crippen LogP contribution is 2.35. The van der Waals surface area contributed by atoms with Gasteiger partial charge in [-0.05, 0) is 45.3 Å². The van der Waals surface area contributed by atoms with E-state index in [1.165, 1.54) is 19.3 Å². The molecule has 5 nitrogen and oxygen atoms in total. The van der Waals surface area contributed by atoms with Gasteiger partial charge in [0.2, 0.25) is 0 Å². The minimum Gasteiger partial charge on any atom is -0.408 e. The zero-order valence-electron chi connectivity index (χ0n) is 11.0. The largest absolute Gasteiger partial charge is 0.408 e. The molecule has 0 aromatic carbocycles. The molecule has 3 heterocycles. The van der Waals surface area contributed by atoms with E-state index in [9.17, 15) is 0 Å². The van der Waals surface area contributed by atoms with Crippen molar-refractivity contribution in [1.82, 2.24) is 15.2 Å². The van der Waals surface area contributed by atoms with Crippen molar-refractivity contribution in [2.75, 3.05) is 11.4 Å². The Bertz CT molecular complexity index is 630. The van der Waals surface area contributed by atoms with Gasteiger partial charge in [0, 0.05) is 12.6 Å². The van der Waals surface area contributed by atoms with Crippen molar-refractivity contribution in [3.8, 4) is 10.8 Å². The summed E-state index contributed by atoms with van der Waals surface area (Å²) >= 11 is 6.54. The van der Waals surface area contributed by atoms with Crippen LogP contribution in [0.4, 0.5) is 5.13 Å². The summed E-state index contributed by atoms with van der Waals surface area (Å²) in [7, 11) is 0. The van der Waals surface area contributed by atoms with E-state index in [0.717, 1.165) is 22.2 Å². The third kappa shape index (κ3) is 2.44. The van der Waals surface area contributed by atoms with Gasteiger partial charge < -0.3 is 9.32 Å². The molecule has 2 aromatic rings. The average molecular weight is 296 g/mol. The Morgan fingerprint density at radius 2 is 2.32 bits per heavy atom. The predicted molar refractivity (Wildman–Crippen MR) is 78.2 cm³/mol. The molecule has 1 N–H and O–H groups in total. The standard InChI is InChI=1S/C12H16N4OS2/c1-7-5-3-4-6-16(7)11-13-8(2)9(19-11)10-14-15-12(18)17-10/h7H,3-6H2,1-2H3,(H,15,18). The second-order valence-electron chi connectivity index (χ2n) is 4.87. The van der Waals surface area contributed by atoms with E-state index < -0.39 is 0 Å². The fourth-order valence-electron chi connectivity index (χ4n) is 2.41. The van der Waals surface area contributed by atoms with Crippen LogP contribution in [0, 0.1) is 11.8 Å². The van der Waals surface area contributed by atoms with Crippen molar-refractivity contribution in [2.45, 2.75) is 39.2 Å². The summed E-state index contributed by atoms with van der Waals surface area (Å²) in [6.07, 6.45) is 3.78. The fraction of sp³-hybridized carbons (Fsp3) is 0.583. The molecule has 0 saturated carbocycles. The molecule has 1 unspecified atom stereocenters. The molecule has 1 aliphatic rings. The molecule has 1 atom stereocenters. The minimum absolute atomic E-state index is 0.302. The maximum atomic E-state index is 5.38. The van der Waals surface area contributed by atoms with Crippen LogP contribution in [0.15, 0.2) is 4.42 Å². The van der Waals surface area contributed by atoms with Gasteiger partial charge in [-0.25, -0.2) is 10.1 Å². The normalized spacial score (nSPS) is 19.9. The second kappa shape index (κ2) is 5.05. The molecule has 2 aromatic heterocycles. The number of nitrogens with one attached hydrogen (secondary N) is 1. The lowest BCUT2D eigenvalue weighted by molar-refractivity contribution is 0.484. The van der Waals surface area contributed by atoms with Crippen LogP contribution in [0.25, 0.3) is 10.8 Å². The molecule has 7 heteroatoms. The third-order valence-corrected chi connectivity index (χ3v) is 4.82. The Labute approximate surface area is 120 Å². The fourth-order valence-corrected chi connectivity index (χ4v) is 3.66. The van der Waals surface area contributed by atoms with Crippen molar-refractivity contribution in [3.05, 3.63) is 10.5 Å². The van der Waals surface area contributed by atoms with E-state index in [0.29, 0.717) is 16.8 Å². The quantitative estimate of drug-likeness (QED) is 0.859. The molecule has 19 heavy (non-hydrogen) atoms. The summed E-state index contributed by atoms with van der Waals surface area (Å²) in [5, 5.41) is 7.79. The van der Waals surface area contributed by atoms with E-state index in [2.05, 4.69) is 27.0 Å². The van der Waals surface area contributed by atoms with Crippen LogP contribution in [0.5, 0.6) is 0 Å². The first-order chi connectivity index (χ1) is 9.15. The lowest BCUT2D eigenvalue weighted by Gasteiger charge is -2.33. The first-order valence-corrected chi connectivity index (χ1v) is 7.67. The molecule has 0 amide bonds. The summed E-state index contributed by atoms with van der Waals surface area (Å²) in [6, 6.07) is 0.554. The molecule has 102 valence electrons. The SMILES string of the molecule is Cc1nc(N2CCCCC2C)sc1-c1n[nH]c(=S)o1. The monoisotopic (exact) mass is 296 g/mol. The number of aromatic nitrogens is 3.